The Bertz CT molecular complexity index is 542. The lowest BCUT2D eigenvalue weighted by molar-refractivity contribution is 0.429. The minimum atomic E-state index is 0.0925. The topological polar surface area (TPSA) is 64.9 Å². The van der Waals surface area contributed by atoms with E-state index < -0.39 is 0 Å². The number of benzene rings is 1. The van der Waals surface area contributed by atoms with Gasteiger partial charge >= 0.3 is 0 Å². The lowest BCUT2D eigenvalue weighted by Crippen LogP contribution is -2.18. The molecule has 0 saturated heterocycles. The van der Waals surface area contributed by atoms with E-state index in [0.717, 1.165) is 16.9 Å². The number of nitrogens with two attached hydrogens (primary N) is 1. The molecule has 2 N–H and O–H groups in total. The van der Waals surface area contributed by atoms with Crippen LogP contribution in [0.2, 0.25) is 5.02 Å². The lowest BCUT2D eigenvalue weighted by Gasteiger charge is -2.10. The first-order valence-corrected chi connectivity index (χ1v) is 6.76. The minimum Gasteiger partial charge on any atom is -0.416 e. The predicted molar refractivity (Wildman–Crippen MR) is 72.0 cm³/mol. The van der Waals surface area contributed by atoms with E-state index in [2.05, 4.69) is 10.2 Å². The Morgan fingerprint density at radius 3 is 2.83 bits per heavy atom. The van der Waals surface area contributed by atoms with E-state index in [0.29, 0.717) is 16.1 Å². The fourth-order valence-electron chi connectivity index (χ4n) is 1.55. The minimum absolute atomic E-state index is 0.0925. The summed E-state index contributed by atoms with van der Waals surface area (Å²) in [5.74, 6) is 0.549. The quantitative estimate of drug-likeness (QED) is 0.934. The molecule has 0 saturated carbocycles. The third kappa shape index (κ3) is 3.48. The highest BCUT2D eigenvalue weighted by atomic mass is 35.5. The van der Waals surface area contributed by atoms with Crippen LogP contribution in [0, 0.1) is 6.92 Å². The smallest absolute Gasteiger partial charge is 0.281 e. The molecule has 2 rings (SSSR count). The van der Waals surface area contributed by atoms with Gasteiger partial charge in [0.2, 0.25) is 5.89 Å². The maximum Gasteiger partial charge on any atom is 0.281 e. The fourth-order valence-corrected chi connectivity index (χ4v) is 2.69. The molecule has 1 unspecified atom stereocenters. The molecular weight excluding hydrogens is 270 g/mol. The molecule has 0 aliphatic heterocycles. The van der Waals surface area contributed by atoms with Crippen LogP contribution in [0.25, 0.3) is 0 Å². The molecule has 0 amide bonds. The lowest BCUT2D eigenvalue weighted by atomic mass is 10.1. The van der Waals surface area contributed by atoms with E-state index in [9.17, 15) is 0 Å². The molecule has 18 heavy (non-hydrogen) atoms. The van der Waals surface area contributed by atoms with Crippen LogP contribution in [0.1, 0.15) is 18.4 Å². The molecule has 4 nitrogen and oxygen atoms in total. The zero-order chi connectivity index (χ0) is 13.1. The van der Waals surface area contributed by atoms with Crippen molar-refractivity contribution < 1.29 is 4.42 Å². The average molecular weight is 284 g/mol. The third-order valence-corrected chi connectivity index (χ3v) is 3.45. The first-order chi connectivity index (χ1) is 8.54. The van der Waals surface area contributed by atoms with E-state index in [-0.39, 0.29) is 6.04 Å². The molecule has 2 aromatic rings. The van der Waals surface area contributed by atoms with Crippen LogP contribution in [0.15, 0.2) is 32.7 Å². The third-order valence-electron chi connectivity index (χ3n) is 2.28. The zero-order valence-corrected chi connectivity index (χ0v) is 11.8. The number of halogens is 1. The summed E-state index contributed by atoms with van der Waals surface area (Å²) in [5, 5.41) is 8.96. The maximum atomic E-state index is 6.01. The second kappa shape index (κ2) is 5.73. The Labute approximate surface area is 115 Å². The molecule has 0 radical (unpaired) electrons. The molecule has 0 fully saturated rings. The molecule has 96 valence electrons. The summed E-state index contributed by atoms with van der Waals surface area (Å²) in [7, 11) is 0. The van der Waals surface area contributed by atoms with Gasteiger partial charge in [0.25, 0.3) is 5.22 Å². The van der Waals surface area contributed by atoms with Crippen molar-refractivity contribution in [3.05, 3.63) is 34.7 Å². The van der Waals surface area contributed by atoms with E-state index in [1.165, 1.54) is 11.8 Å². The summed E-state index contributed by atoms with van der Waals surface area (Å²) in [6, 6.07) is 5.83. The highest BCUT2D eigenvalue weighted by Gasteiger charge is 2.11. The van der Waals surface area contributed by atoms with Crippen LogP contribution < -0.4 is 5.73 Å². The van der Waals surface area contributed by atoms with Gasteiger partial charge in [-0.2, -0.15) is 0 Å². The largest absolute Gasteiger partial charge is 0.416 e. The monoisotopic (exact) mass is 283 g/mol. The van der Waals surface area contributed by atoms with E-state index in [1.807, 2.05) is 25.1 Å². The van der Waals surface area contributed by atoms with Crippen molar-refractivity contribution >= 4 is 23.4 Å². The molecule has 1 heterocycles. The van der Waals surface area contributed by atoms with Gasteiger partial charge in [-0.1, -0.05) is 17.7 Å². The Morgan fingerprint density at radius 2 is 2.22 bits per heavy atom. The van der Waals surface area contributed by atoms with Gasteiger partial charge < -0.3 is 10.2 Å². The maximum absolute atomic E-state index is 6.01. The predicted octanol–water partition coefficient (Wildman–Crippen LogP) is 3.07. The molecule has 0 spiro atoms. The van der Waals surface area contributed by atoms with Gasteiger partial charge in [0.15, 0.2) is 0 Å². The summed E-state index contributed by atoms with van der Waals surface area (Å²) in [6.45, 7) is 3.73. The van der Waals surface area contributed by atoms with Gasteiger partial charge in [-0.25, -0.2) is 0 Å². The van der Waals surface area contributed by atoms with Gasteiger partial charge in [-0.15, -0.1) is 10.2 Å². The number of hydrogen-bond donors (Lipinski definition) is 1. The number of rotatable bonds is 4. The summed E-state index contributed by atoms with van der Waals surface area (Å²) in [5.41, 5.74) is 6.97. The Hall–Kier alpha value is -1.04. The molecular formula is C12H14ClN3OS. The number of aromatic nitrogens is 2. The molecule has 0 bridgehead atoms. The average Bonchev–Trinajstić information content (AvgIpc) is 2.67. The zero-order valence-electron chi connectivity index (χ0n) is 10.2. The van der Waals surface area contributed by atoms with Crippen molar-refractivity contribution in [1.29, 1.82) is 0 Å². The van der Waals surface area contributed by atoms with Crippen molar-refractivity contribution in [3.63, 3.8) is 0 Å². The van der Waals surface area contributed by atoms with Crippen molar-refractivity contribution in [1.82, 2.24) is 10.2 Å². The standard InChI is InChI=1S/C12H14ClN3OS/c1-7(14)5-9-3-4-10(13)6-11(9)18-12-16-15-8(2)17-12/h3-4,6-7H,5,14H2,1-2H3. The molecule has 1 aromatic carbocycles. The second-order valence-electron chi connectivity index (χ2n) is 4.12. The van der Waals surface area contributed by atoms with Crippen molar-refractivity contribution in [2.45, 2.75) is 36.4 Å². The molecule has 1 atom stereocenters. The van der Waals surface area contributed by atoms with Gasteiger partial charge in [0.1, 0.15) is 0 Å². The SMILES string of the molecule is Cc1nnc(Sc2cc(Cl)ccc2CC(C)N)o1. The summed E-state index contributed by atoms with van der Waals surface area (Å²) < 4.78 is 5.35. The summed E-state index contributed by atoms with van der Waals surface area (Å²) in [4.78, 5) is 1.00. The molecule has 6 heteroatoms. The highest BCUT2D eigenvalue weighted by molar-refractivity contribution is 7.99. The van der Waals surface area contributed by atoms with Crippen LogP contribution in [0.3, 0.4) is 0 Å². The van der Waals surface area contributed by atoms with Gasteiger partial charge in [0, 0.05) is 22.9 Å². The first kappa shape index (κ1) is 13.4. The molecule has 0 aliphatic rings. The van der Waals surface area contributed by atoms with E-state index >= 15 is 0 Å². The Morgan fingerprint density at radius 1 is 1.44 bits per heavy atom. The van der Waals surface area contributed by atoms with Gasteiger partial charge in [0.05, 0.1) is 0 Å². The van der Waals surface area contributed by atoms with E-state index in [1.54, 1.807) is 6.92 Å². The first-order valence-electron chi connectivity index (χ1n) is 5.56. The van der Waals surface area contributed by atoms with Gasteiger partial charge in [-0.05, 0) is 42.8 Å². The van der Waals surface area contributed by atoms with Crippen molar-refractivity contribution in [2.75, 3.05) is 0 Å². The second-order valence-corrected chi connectivity index (χ2v) is 5.55. The van der Waals surface area contributed by atoms with Crippen molar-refractivity contribution in [3.8, 4) is 0 Å². The summed E-state index contributed by atoms with van der Waals surface area (Å²) in [6.07, 6.45) is 0.784. The molecule has 0 aliphatic carbocycles. The van der Waals surface area contributed by atoms with Crippen molar-refractivity contribution in [2.24, 2.45) is 5.73 Å². The van der Waals surface area contributed by atoms with Crippen LogP contribution in [0.5, 0.6) is 0 Å². The normalized spacial score (nSPS) is 12.7. The van der Waals surface area contributed by atoms with Crippen LogP contribution in [0.4, 0.5) is 0 Å². The van der Waals surface area contributed by atoms with Crippen LogP contribution in [-0.2, 0) is 6.42 Å². The Balaban J connectivity index is 2.27. The number of aryl methyl sites for hydroxylation is 1. The van der Waals surface area contributed by atoms with Crippen LogP contribution >= 0.6 is 23.4 Å². The number of hydrogen-bond acceptors (Lipinski definition) is 5. The fraction of sp³-hybridized carbons (Fsp3) is 0.333. The Kier molecular flexibility index (Phi) is 4.27. The molecule has 1 aromatic heterocycles. The van der Waals surface area contributed by atoms with Gasteiger partial charge in [-0.3, -0.25) is 0 Å². The van der Waals surface area contributed by atoms with Crippen LogP contribution in [-0.4, -0.2) is 16.2 Å². The highest BCUT2D eigenvalue weighted by Crippen LogP contribution is 2.32. The van der Waals surface area contributed by atoms with E-state index in [4.69, 9.17) is 21.8 Å². The summed E-state index contributed by atoms with van der Waals surface area (Å²) >= 11 is 7.42. The number of nitrogens with zero attached hydrogens (tertiary/aromatic N) is 2.